The summed E-state index contributed by atoms with van der Waals surface area (Å²) in [7, 11) is 0. The second kappa shape index (κ2) is 5.86. The maximum atomic E-state index is 5.51. The molecule has 0 amide bonds. The van der Waals surface area contributed by atoms with Crippen molar-refractivity contribution >= 4 is 0 Å². The first-order valence-electron chi connectivity index (χ1n) is 6.47. The first-order chi connectivity index (χ1) is 7.03. The molecule has 0 aliphatic heterocycles. The molecule has 0 bridgehead atoms. The third-order valence-electron chi connectivity index (χ3n) is 3.62. The topological polar surface area (TPSA) is 38.0 Å². The van der Waals surface area contributed by atoms with Crippen molar-refractivity contribution in [2.75, 3.05) is 13.1 Å². The summed E-state index contributed by atoms with van der Waals surface area (Å²) in [4.78, 5) is 0. The first kappa shape index (κ1) is 13.0. The maximum absolute atomic E-state index is 5.51. The van der Waals surface area contributed by atoms with Crippen LogP contribution in [-0.2, 0) is 0 Å². The maximum Gasteiger partial charge on any atom is 0.00724 e. The van der Waals surface area contributed by atoms with Gasteiger partial charge in [-0.25, -0.2) is 0 Å². The zero-order valence-corrected chi connectivity index (χ0v) is 10.7. The van der Waals surface area contributed by atoms with Crippen molar-refractivity contribution in [3.8, 4) is 0 Å². The van der Waals surface area contributed by atoms with E-state index in [1.807, 2.05) is 0 Å². The fraction of sp³-hybridized carbons (Fsp3) is 1.00. The van der Waals surface area contributed by atoms with Crippen LogP contribution < -0.4 is 11.1 Å². The van der Waals surface area contributed by atoms with Crippen LogP contribution in [0.5, 0.6) is 0 Å². The van der Waals surface area contributed by atoms with Crippen LogP contribution in [0.1, 0.15) is 52.9 Å². The van der Waals surface area contributed by atoms with Gasteiger partial charge in [-0.2, -0.15) is 0 Å². The van der Waals surface area contributed by atoms with Crippen molar-refractivity contribution in [2.24, 2.45) is 17.1 Å². The molecule has 1 aliphatic rings. The molecule has 15 heavy (non-hydrogen) atoms. The van der Waals surface area contributed by atoms with Gasteiger partial charge in [0.25, 0.3) is 0 Å². The molecule has 0 aromatic heterocycles. The Hall–Kier alpha value is -0.0800. The van der Waals surface area contributed by atoms with E-state index in [9.17, 15) is 0 Å². The molecule has 0 saturated heterocycles. The molecule has 1 rings (SSSR count). The number of hydrogen-bond acceptors (Lipinski definition) is 2. The second-order valence-electron chi connectivity index (χ2n) is 6.05. The van der Waals surface area contributed by atoms with Gasteiger partial charge in [0, 0.05) is 6.04 Å². The van der Waals surface area contributed by atoms with Gasteiger partial charge in [0.15, 0.2) is 0 Å². The van der Waals surface area contributed by atoms with E-state index in [2.05, 4.69) is 26.1 Å². The lowest BCUT2D eigenvalue weighted by atomic mass is 9.92. The van der Waals surface area contributed by atoms with Crippen molar-refractivity contribution in [2.45, 2.75) is 58.9 Å². The molecule has 0 radical (unpaired) electrons. The van der Waals surface area contributed by atoms with Crippen LogP contribution in [0.2, 0.25) is 0 Å². The Morgan fingerprint density at radius 1 is 1.47 bits per heavy atom. The fourth-order valence-corrected chi connectivity index (χ4v) is 2.55. The van der Waals surface area contributed by atoms with Gasteiger partial charge in [0.05, 0.1) is 0 Å². The van der Waals surface area contributed by atoms with E-state index in [0.717, 1.165) is 18.5 Å². The zero-order valence-electron chi connectivity index (χ0n) is 10.7. The van der Waals surface area contributed by atoms with E-state index in [0.29, 0.717) is 5.41 Å². The molecule has 2 unspecified atom stereocenters. The van der Waals surface area contributed by atoms with Crippen molar-refractivity contribution < 1.29 is 0 Å². The van der Waals surface area contributed by atoms with Gasteiger partial charge in [0.2, 0.25) is 0 Å². The van der Waals surface area contributed by atoms with Gasteiger partial charge < -0.3 is 11.1 Å². The molecule has 90 valence electrons. The molecule has 2 heteroatoms. The normalized spacial score (nSPS) is 26.8. The molecule has 0 aromatic rings. The van der Waals surface area contributed by atoms with E-state index < -0.39 is 0 Å². The fourth-order valence-electron chi connectivity index (χ4n) is 2.55. The van der Waals surface area contributed by atoms with Crippen LogP contribution in [0.3, 0.4) is 0 Å². The van der Waals surface area contributed by atoms with Crippen LogP contribution >= 0.6 is 0 Å². The molecule has 0 spiro atoms. The number of nitrogens with two attached hydrogens (primary N) is 1. The van der Waals surface area contributed by atoms with E-state index in [-0.39, 0.29) is 0 Å². The van der Waals surface area contributed by atoms with Gasteiger partial charge in [-0.3, -0.25) is 0 Å². The van der Waals surface area contributed by atoms with Crippen molar-refractivity contribution in [1.82, 2.24) is 5.32 Å². The average Bonchev–Trinajstić information content (AvgIpc) is 2.52. The zero-order chi connectivity index (χ0) is 11.3. The average molecular weight is 212 g/mol. The molecule has 2 atom stereocenters. The smallest absolute Gasteiger partial charge is 0.00724 e. The summed E-state index contributed by atoms with van der Waals surface area (Å²) < 4.78 is 0. The Labute approximate surface area is 95.0 Å². The van der Waals surface area contributed by atoms with Gasteiger partial charge in [0.1, 0.15) is 0 Å². The highest BCUT2D eigenvalue weighted by Crippen LogP contribution is 2.36. The third-order valence-corrected chi connectivity index (χ3v) is 3.62. The van der Waals surface area contributed by atoms with Crippen LogP contribution in [-0.4, -0.2) is 19.1 Å². The van der Waals surface area contributed by atoms with Gasteiger partial charge in [-0.05, 0) is 56.5 Å². The van der Waals surface area contributed by atoms with Gasteiger partial charge >= 0.3 is 0 Å². The second-order valence-corrected chi connectivity index (χ2v) is 6.05. The first-order valence-corrected chi connectivity index (χ1v) is 6.47. The van der Waals surface area contributed by atoms with E-state index in [1.54, 1.807) is 0 Å². The highest BCUT2D eigenvalue weighted by atomic mass is 14.9. The minimum absolute atomic E-state index is 0.568. The summed E-state index contributed by atoms with van der Waals surface area (Å²) in [6.45, 7) is 9.09. The van der Waals surface area contributed by atoms with E-state index in [4.69, 9.17) is 5.73 Å². The summed E-state index contributed by atoms with van der Waals surface area (Å²) in [5, 5.41) is 3.71. The molecule has 2 nitrogen and oxygen atoms in total. The minimum Gasteiger partial charge on any atom is -0.330 e. The summed E-state index contributed by atoms with van der Waals surface area (Å²) in [6, 6.07) is 0.764. The lowest BCUT2D eigenvalue weighted by molar-refractivity contribution is 0.355. The van der Waals surface area contributed by atoms with Crippen LogP contribution in [0, 0.1) is 11.3 Å². The SMILES string of the molecule is CC(CCCN)CNC1CCC(C)(C)C1. The summed E-state index contributed by atoms with van der Waals surface area (Å²) in [6.07, 6.45) is 6.51. The summed E-state index contributed by atoms with van der Waals surface area (Å²) in [5.74, 6) is 0.775. The van der Waals surface area contributed by atoms with Gasteiger partial charge in [-0.15, -0.1) is 0 Å². The standard InChI is InChI=1S/C13H28N2/c1-11(5-4-8-14)10-15-12-6-7-13(2,3)9-12/h11-12,15H,4-10,14H2,1-3H3. The quantitative estimate of drug-likeness (QED) is 0.710. The highest BCUT2D eigenvalue weighted by Gasteiger charge is 2.30. The molecule has 1 aliphatic carbocycles. The van der Waals surface area contributed by atoms with Crippen molar-refractivity contribution in [3.05, 3.63) is 0 Å². The van der Waals surface area contributed by atoms with E-state index in [1.165, 1.54) is 38.6 Å². The molecule has 0 heterocycles. The molecule has 3 N–H and O–H groups in total. The lowest BCUT2D eigenvalue weighted by Crippen LogP contribution is -2.31. The largest absolute Gasteiger partial charge is 0.330 e. The van der Waals surface area contributed by atoms with Crippen molar-refractivity contribution in [3.63, 3.8) is 0 Å². The highest BCUT2D eigenvalue weighted by molar-refractivity contribution is 4.86. The molecular weight excluding hydrogens is 184 g/mol. The predicted molar refractivity (Wildman–Crippen MR) is 66.9 cm³/mol. The van der Waals surface area contributed by atoms with Crippen LogP contribution in [0.15, 0.2) is 0 Å². The molecular formula is C13H28N2. The monoisotopic (exact) mass is 212 g/mol. The number of rotatable bonds is 6. The summed E-state index contributed by atoms with van der Waals surface area (Å²) in [5.41, 5.74) is 6.08. The van der Waals surface area contributed by atoms with Crippen LogP contribution in [0.4, 0.5) is 0 Å². The lowest BCUT2D eigenvalue weighted by Gasteiger charge is -2.19. The Bertz CT molecular complexity index is 177. The van der Waals surface area contributed by atoms with Crippen molar-refractivity contribution in [1.29, 1.82) is 0 Å². The third kappa shape index (κ3) is 4.98. The Morgan fingerprint density at radius 2 is 2.20 bits per heavy atom. The predicted octanol–water partition coefficient (Wildman–Crippen LogP) is 2.53. The van der Waals surface area contributed by atoms with Gasteiger partial charge in [-0.1, -0.05) is 20.8 Å². The molecule has 1 saturated carbocycles. The number of nitrogens with one attached hydrogen (secondary N) is 1. The Kier molecular flexibility index (Phi) is 5.07. The van der Waals surface area contributed by atoms with Crippen LogP contribution in [0.25, 0.3) is 0 Å². The summed E-state index contributed by atoms with van der Waals surface area (Å²) >= 11 is 0. The molecule has 1 fully saturated rings. The Morgan fingerprint density at radius 3 is 2.73 bits per heavy atom. The Balaban J connectivity index is 2.10. The minimum atomic E-state index is 0.568. The molecule has 0 aromatic carbocycles. The van der Waals surface area contributed by atoms with E-state index >= 15 is 0 Å². The number of hydrogen-bond donors (Lipinski definition) is 2.